The molecule has 1 aliphatic heterocycles. The van der Waals surface area contributed by atoms with Crippen molar-refractivity contribution in [2.45, 2.75) is 25.8 Å². The monoisotopic (exact) mass is 408 g/mol. The fraction of sp³-hybridized carbons (Fsp3) is 0.304. The first-order chi connectivity index (χ1) is 14.2. The second-order valence-corrected chi connectivity index (χ2v) is 7.95. The van der Waals surface area contributed by atoms with Gasteiger partial charge in [-0.3, -0.25) is 4.79 Å². The van der Waals surface area contributed by atoms with Crippen LogP contribution < -0.4 is 9.47 Å². The lowest BCUT2D eigenvalue weighted by atomic mass is 10.1. The second-order valence-electron chi connectivity index (χ2n) is 6.89. The Morgan fingerprint density at radius 1 is 1.28 bits per heavy atom. The molecule has 0 bridgehead atoms. The maximum Gasteiger partial charge on any atom is 0.247 e. The van der Waals surface area contributed by atoms with Gasteiger partial charge in [0.05, 0.1) is 30.0 Å². The molecule has 5 nitrogen and oxygen atoms in total. The van der Waals surface area contributed by atoms with Crippen LogP contribution in [0.2, 0.25) is 0 Å². The lowest BCUT2D eigenvalue weighted by Crippen LogP contribution is -2.28. The van der Waals surface area contributed by atoms with Crippen LogP contribution in [0.4, 0.5) is 0 Å². The molecule has 0 spiro atoms. The number of rotatable bonds is 6. The van der Waals surface area contributed by atoms with Crippen LogP contribution in [0.15, 0.2) is 48.5 Å². The lowest BCUT2D eigenvalue weighted by molar-refractivity contribution is -0.126. The molecule has 6 heteroatoms. The highest BCUT2D eigenvalue weighted by Crippen LogP contribution is 2.36. The molecule has 1 saturated heterocycles. The normalized spacial score (nSPS) is 16.6. The molecule has 3 aromatic rings. The smallest absolute Gasteiger partial charge is 0.247 e. The van der Waals surface area contributed by atoms with Gasteiger partial charge in [0.1, 0.15) is 5.01 Å². The highest BCUT2D eigenvalue weighted by atomic mass is 32.1. The molecule has 1 unspecified atom stereocenters. The molecule has 4 rings (SSSR count). The minimum Gasteiger partial charge on any atom is -0.493 e. The van der Waals surface area contributed by atoms with E-state index in [1.54, 1.807) is 24.5 Å². The number of thiazole rings is 1. The van der Waals surface area contributed by atoms with E-state index < -0.39 is 0 Å². The van der Waals surface area contributed by atoms with E-state index in [1.807, 2.05) is 54.3 Å². The molecular weight excluding hydrogens is 384 g/mol. The summed E-state index contributed by atoms with van der Waals surface area (Å²) in [6, 6.07) is 13.8. The third kappa shape index (κ3) is 4.12. The van der Waals surface area contributed by atoms with Crippen molar-refractivity contribution in [1.82, 2.24) is 9.88 Å². The Balaban J connectivity index is 1.51. The predicted molar refractivity (Wildman–Crippen MR) is 117 cm³/mol. The Bertz CT molecular complexity index is 1010. The fourth-order valence-electron chi connectivity index (χ4n) is 3.65. The summed E-state index contributed by atoms with van der Waals surface area (Å²) in [4.78, 5) is 19.6. The van der Waals surface area contributed by atoms with Gasteiger partial charge in [-0.2, -0.15) is 0 Å². The number of hydrogen-bond donors (Lipinski definition) is 0. The number of likely N-dealkylation sites (tertiary alicyclic amines) is 1. The quantitative estimate of drug-likeness (QED) is 0.534. The third-order valence-electron chi connectivity index (χ3n) is 5.04. The fourth-order valence-corrected chi connectivity index (χ4v) is 4.76. The SMILES string of the molecule is CCOc1ccc(C=CC(=O)N2CCCC2c2nc3ccccc3s2)cc1OC. The molecule has 0 saturated carbocycles. The summed E-state index contributed by atoms with van der Waals surface area (Å²) >= 11 is 1.68. The van der Waals surface area contributed by atoms with Crippen molar-refractivity contribution in [3.63, 3.8) is 0 Å². The Labute approximate surface area is 174 Å². The summed E-state index contributed by atoms with van der Waals surface area (Å²) in [6.45, 7) is 3.27. The van der Waals surface area contributed by atoms with E-state index in [0.29, 0.717) is 18.1 Å². The van der Waals surface area contributed by atoms with Gasteiger partial charge in [0, 0.05) is 12.6 Å². The zero-order chi connectivity index (χ0) is 20.2. The average molecular weight is 409 g/mol. The lowest BCUT2D eigenvalue weighted by Gasteiger charge is -2.21. The molecule has 1 amide bonds. The van der Waals surface area contributed by atoms with Gasteiger partial charge in [0.2, 0.25) is 5.91 Å². The Morgan fingerprint density at radius 3 is 2.93 bits per heavy atom. The third-order valence-corrected chi connectivity index (χ3v) is 6.17. The first-order valence-corrected chi connectivity index (χ1v) is 10.7. The van der Waals surface area contributed by atoms with Crippen LogP contribution >= 0.6 is 11.3 Å². The molecule has 1 aliphatic rings. The minimum absolute atomic E-state index is 0.0135. The van der Waals surface area contributed by atoms with Crippen molar-refractivity contribution in [3.05, 3.63) is 59.1 Å². The van der Waals surface area contributed by atoms with E-state index in [4.69, 9.17) is 14.5 Å². The largest absolute Gasteiger partial charge is 0.493 e. The summed E-state index contributed by atoms with van der Waals surface area (Å²) in [6.07, 6.45) is 5.42. The molecule has 1 fully saturated rings. The van der Waals surface area contributed by atoms with Crippen LogP contribution in [-0.4, -0.2) is 36.1 Å². The number of ether oxygens (including phenoxy) is 2. The Morgan fingerprint density at radius 2 is 2.14 bits per heavy atom. The number of carbonyl (C=O) groups excluding carboxylic acids is 1. The van der Waals surface area contributed by atoms with Crippen molar-refractivity contribution in [3.8, 4) is 11.5 Å². The summed E-state index contributed by atoms with van der Waals surface area (Å²) in [5.74, 6) is 1.38. The first-order valence-electron chi connectivity index (χ1n) is 9.84. The van der Waals surface area contributed by atoms with Crippen molar-refractivity contribution in [2.75, 3.05) is 20.3 Å². The number of aromatic nitrogens is 1. The number of nitrogens with zero attached hydrogens (tertiary/aromatic N) is 2. The zero-order valence-corrected chi connectivity index (χ0v) is 17.4. The highest BCUT2D eigenvalue weighted by molar-refractivity contribution is 7.18. The van der Waals surface area contributed by atoms with Crippen molar-refractivity contribution in [1.29, 1.82) is 0 Å². The second kappa shape index (κ2) is 8.66. The number of fused-ring (bicyclic) bond motifs is 1. The molecule has 1 aromatic heterocycles. The van der Waals surface area contributed by atoms with Gasteiger partial charge in [-0.05, 0) is 55.7 Å². The number of para-hydroxylation sites is 1. The average Bonchev–Trinajstić information content (AvgIpc) is 3.39. The maximum absolute atomic E-state index is 12.9. The predicted octanol–water partition coefficient (Wildman–Crippen LogP) is 5.08. The Kier molecular flexibility index (Phi) is 5.81. The number of carbonyl (C=O) groups is 1. The van der Waals surface area contributed by atoms with Crippen molar-refractivity contribution >= 4 is 33.5 Å². The van der Waals surface area contributed by atoms with Crippen LogP contribution in [-0.2, 0) is 4.79 Å². The van der Waals surface area contributed by atoms with Gasteiger partial charge in [0.15, 0.2) is 11.5 Å². The van der Waals surface area contributed by atoms with Crippen molar-refractivity contribution < 1.29 is 14.3 Å². The summed E-state index contributed by atoms with van der Waals surface area (Å²) in [5, 5.41) is 1.02. The van der Waals surface area contributed by atoms with E-state index in [1.165, 1.54) is 4.70 Å². The van der Waals surface area contributed by atoms with E-state index in [2.05, 4.69) is 6.07 Å². The molecule has 150 valence electrons. The molecule has 1 atom stereocenters. The molecule has 0 N–H and O–H groups in total. The zero-order valence-electron chi connectivity index (χ0n) is 16.6. The van der Waals surface area contributed by atoms with Gasteiger partial charge in [-0.1, -0.05) is 18.2 Å². The van der Waals surface area contributed by atoms with Gasteiger partial charge < -0.3 is 14.4 Å². The number of methoxy groups -OCH3 is 1. The molecule has 2 heterocycles. The van der Waals surface area contributed by atoms with Crippen LogP contribution in [0.5, 0.6) is 11.5 Å². The molecule has 0 radical (unpaired) electrons. The van der Waals surface area contributed by atoms with Crippen LogP contribution in [0.1, 0.15) is 36.4 Å². The minimum atomic E-state index is 0.0135. The topological polar surface area (TPSA) is 51.7 Å². The van der Waals surface area contributed by atoms with Gasteiger partial charge >= 0.3 is 0 Å². The Hall–Kier alpha value is -2.86. The highest BCUT2D eigenvalue weighted by Gasteiger charge is 2.31. The number of amides is 1. The first kappa shape index (κ1) is 19.5. The molecule has 0 aliphatic carbocycles. The number of benzene rings is 2. The standard InChI is InChI=1S/C23H24N2O3S/c1-3-28-19-12-10-16(15-20(19)27-2)11-13-22(26)25-14-6-8-18(25)23-24-17-7-4-5-9-21(17)29-23/h4-5,7,9-13,15,18H,3,6,8,14H2,1-2H3. The van der Waals surface area contributed by atoms with Gasteiger partial charge in [0.25, 0.3) is 0 Å². The van der Waals surface area contributed by atoms with E-state index >= 15 is 0 Å². The van der Waals surface area contributed by atoms with E-state index in [9.17, 15) is 4.79 Å². The molecular formula is C23H24N2O3S. The van der Waals surface area contributed by atoms with Crippen LogP contribution in [0, 0.1) is 0 Å². The summed E-state index contributed by atoms with van der Waals surface area (Å²) in [5.41, 5.74) is 1.90. The maximum atomic E-state index is 12.9. The number of hydrogen-bond acceptors (Lipinski definition) is 5. The van der Waals surface area contributed by atoms with Crippen molar-refractivity contribution in [2.24, 2.45) is 0 Å². The molecule has 2 aromatic carbocycles. The van der Waals surface area contributed by atoms with E-state index in [-0.39, 0.29) is 11.9 Å². The molecule has 29 heavy (non-hydrogen) atoms. The van der Waals surface area contributed by atoms with Crippen LogP contribution in [0.3, 0.4) is 0 Å². The van der Waals surface area contributed by atoms with E-state index in [0.717, 1.165) is 35.5 Å². The van der Waals surface area contributed by atoms with Gasteiger partial charge in [-0.25, -0.2) is 4.98 Å². The van der Waals surface area contributed by atoms with Gasteiger partial charge in [-0.15, -0.1) is 11.3 Å². The summed E-state index contributed by atoms with van der Waals surface area (Å²) < 4.78 is 12.1. The summed E-state index contributed by atoms with van der Waals surface area (Å²) in [7, 11) is 1.61. The van der Waals surface area contributed by atoms with Crippen LogP contribution in [0.25, 0.3) is 16.3 Å².